The van der Waals surface area contributed by atoms with E-state index in [4.69, 9.17) is 4.42 Å². The fraction of sp³-hybridized carbons (Fsp3) is 0.316. The lowest BCUT2D eigenvalue weighted by Crippen LogP contribution is -2.24. The van der Waals surface area contributed by atoms with Gasteiger partial charge in [0.1, 0.15) is 29.3 Å². The summed E-state index contributed by atoms with van der Waals surface area (Å²) in [5.74, 6) is 2.85. The molecule has 0 unspecified atom stereocenters. The van der Waals surface area contributed by atoms with E-state index in [9.17, 15) is 4.39 Å². The molecule has 5 nitrogen and oxygen atoms in total. The maximum absolute atomic E-state index is 13.3. The molecule has 0 spiro atoms. The summed E-state index contributed by atoms with van der Waals surface area (Å²) in [5.41, 5.74) is 0.873. The molecule has 1 aromatic carbocycles. The molecule has 0 bridgehead atoms. The van der Waals surface area contributed by atoms with Crippen LogP contribution in [0.15, 0.2) is 47.1 Å². The molecule has 2 aromatic heterocycles. The van der Waals surface area contributed by atoms with Crippen molar-refractivity contribution in [1.29, 1.82) is 0 Å². The van der Waals surface area contributed by atoms with E-state index < -0.39 is 0 Å². The Hall–Kier alpha value is -2.76. The maximum atomic E-state index is 13.3. The fourth-order valence-corrected chi connectivity index (χ4v) is 3.31. The van der Waals surface area contributed by atoms with E-state index in [-0.39, 0.29) is 11.9 Å². The Morgan fingerprint density at radius 1 is 1.28 bits per heavy atom. The number of oxazole rings is 1. The molecule has 0 saturated carbocycles. The highest BCUT2D eigenvalue weighted by atomic mass is 19.1. The van der Waals surface area contributed by atoms with Crippen molar-refractivity contribution in [1.82, 2.24) is 15.0 Å². The zero-order chi connectivity index (χ0) is 17.2. The third-order valence-electron chi connectivity index (χ3n) is 4.43. The van der Waals surface area contributed by atoms with Gasteiger partial charge in [-0.15, -0.1) is 0 Å². The molecule has 0 aliphatic carbocycles. The lowest BCUT2D eigenvalue weighted by atomic mass is 10.1. The van der Waals surface area contributed by atoms with Crippen LogP contribution in [-0.2, 0) is 6.42 Å². The molecule has 128 valence electrons. The first kappa shape index (κ1) is 15.7. The number of hydrogen-bond donors (Lipinski definition) is 0. The molecule has 3 aromatic rings. The van der Waals surface area contributed by atoms with Crippen LogP contribution in [0.25, 0.3) is 0 Å². The van der Waals surface area contributed by atoms with Gasteiger partial charge in [-0.1, -0.05) is 12.1 Å². The van der Waals surface area contributed by atoms with Crippen LogP contribution in [0, 0.1) is 12.7 Å². The Morgan fingerprint density at radius 3 is 3.04 bits per heavy atom. The summed E-state index contributed by atoms with van der Waals surface area (Å²) in [5, 5.41) is 0. The van der Waals surface area contributed by atoms with Crippen molar-refractivity contribution in [2.75, 3.05) is 11.4 Å². The first-order valence-electron chi connectivity index (χ1n) is 8.44. The minimum Gasteiger partial charge on any atom is -0.443 e. The smallest absolute Gasteiger partial charge is 0.217 e. The summed E-state index contributed by atoms with van der Waals surface area (Å²) in [6.07, 6.45) is 6.09. The number of rotatable bonds is 4. The predicted molar refractivity (Wildman–Crippen MR) is 91.8 cm³/mol. The van der Waals surface area contributed by atoms with E-state index in [1.807, 2.05) is 19.1 Å². The van der Waals surface area contributed by atoms with Crippen molar-refractivity contribution in [3.05, 3.63) is 71.6 Å². The zero-order valence-corrected chi connectivity index (χ0v) is 14.0. The highest BCUT2D eigenvalue weighted by Gasteiger charge is 2.31. The number of hydrogen-bond acceptors (Lipinski definition) is 5. The maximum Gasteiger partial charge on any atom is 0.217 e. The fourth-order valence-electron chi connectivity index (χ4n) is 3.31. The molecule has 4 rings (SSSR count). The predicted octanol–water partition coefficient (Wildman–Crippen LogP) is 3.84. The quantitative estimate of drug-likeness (QED) is 0.723. The summed E-state index contributed by atoms with van der Waals surface area (Å²) in [4.78, 5) is 15.4. The third-order valence-corrected chi connectivity index (χ3v) is 4.43. The number of aromatic nitrogens is 3. The SMILES string of the molecule is Cc1nccc(N2CCC[C@H]2c2ncc(Cc3cccc(F)c3)o2)n1. The van der Waals surface area contributed by atoms with Gasteiger partial charge in [0.2, 0.25) is 5.89 Å². The van der Waals surface area contributed by atoms with Gasteiger partial charge in [0, 0.05) is 19.2 Å². The van der Waals surface area contributed by atoms with Crippen LogP contribution in [0.1, 0.15) is 41.9 Å². The molecule has 25 heavy (non-hydrogen) atoms. The van der Waals surface area contributed by atoms with Crippen LogP contribution in [0.2, 0.25) is 0 Å². The van der Waals surface area contributed by atoms with E-state index in [1.165, 1.54) is 12.1 Å². The second-order valence-corrected chi connectivity index (χ2v) is 6.28. The summed E-state index contributed by atoms with van der Waals surface area (Å²) in [6, 6.07) is 8.55. The van der Waals surface area contributed by atoms with Crippen molar-refractivity contribution in [3.63, 3.8) is 0 Å². The molecule has 1 atom stereocenters. The monoisotopic (exact) mass is 338 g/mol. The van der Waals surface area contributed by atoms with Crippen molar-refractivity contribution >= 4 is 5.82 Å². The summed E-state index contributed by atoms with van der Waals surface area (Å²) in [7, 11) is 0. The van der Waals surface area contributed by atoms with Crippen molar-refractivity contribution < 1.29 is 8.81 Å². The normalized spacial score (nSPS) is 17.2. The molecule has 0 amide bonds. The molecular formula is C19H19FN4O. The van der Waals surface area contributed by atoms with E-state index >= 15 is 0 Å². The van der Waals surface area contributed by atoms with Gasteiger partial charge in [0.05, 0.1) is 6.20 Å². The lowest BCUT2D eigenvalue weighted by molar-refractivity contribution is 0.424. The average Bonchev–Trinajstić information content (AvgIpc) is 3.23. The van der Waals surface area contributed by atoms with Crippen molar-refractivity contribution in [3.8, 4) is 0 Å². The Bertz CT molecular complexity index is 879. The summed E-state index contributed by atoms with van der Waals surface area (Å²) in [6.45, 7) is 2.81. The van der Waals surface area contributed by atoms with Crippen molar-refractivity contribution in [2.45, 2.75) is 32.2 Å². The average molecular weight is 338 g/mol. The molecule has 3 heterocycles. The third kappa shape index (κ3) is 3.38. The van der Waals surface area contributed by atoms with Gasteiger partial charge >= 0.3 is 0 Å². The van der Waals surface area contributed by atoms with Gasteiger partial charge < -0.3 is 9.32 Å². The van der Waals surface area contributed by atoms with Crippen LogP contribution in [0.5, 0.6) is 0 Å². The molecule has 1 aliphatic rings. The summed E-state index contributed by atoms with van der Waals surface area (Å²) < 4.78 is 19.3. The second-order valence-electron chi connectivity index (χ2n) is 6.28. The van der Waals surface area contributed by atoms with Crippen molar-refractivity contribution in [2.24, 2.45) is 0 Å². The number of benzene rings is 1. The van der Waals surface area contributed by atoms with E-state index in [2.05, 4.69) is 19.9 Å². The van der Waals surface area contributed by atoms with Crippen LogP contribution in [-0.4, -0.2) is 21.5 Å². The van der Waals surface area contributed by atoms with E-state index in [0.29, 0.717) is 12.3 Å². The van der Waals surface area contributed by atoms with Crippen LogP contribution >= 0.6 is 0 Å². The molecule has 0 N–H and O–H groups in total. The summed E-state index contributed by atoms with van der Waals surface area (Å²) >= 11 is 0. The highest BCUT2D eigenvalue weighted by Crippen LogP contribution is 2.35. The Balaban J connectivity index is 1.54. The zero-order valence-electron chi connectivity index (χ0n) is 14.0. The van der Waals surface area contributed by atoms with Gasteiger partial charge in [0.15, 0.2) is 0 Å². The molecule has 0 radical (unpaired) electrons. The first-order chi connectivity index (χ1) is 12.2. The second kappa shape index (κ2) is 6.63. The minimum absolute atomic E-state index is 0.0792. The molecule has 1 fully saturated rings. The number of aryl methyl sites for hydroxylation is 1. The number of nitrogens with zero attached hydrogens (tertiary/aromatic N) is 4. The van der Waals surface area contributed by atoms with Gasteiger partial charge in [-0.3, -0.25) is 0 Å². The van der Waals surface area contributed by atoms with Crippen LogP contribution in [0.4, 0.5) is 10.2 Å². The standard InChI is InChI=1S/C19H19FN4O/c1-13-21-8-7-18(23-13)24-9-3-6-17(24)19-22-12-16(25-19)11-14-4-2-5-15(20)10-14/h2,4-5,7-8,10,12,17H,3,6,9,11H2,1H3/t17-/m0/s1. The van der Waals surface area contributed by atoms with Gasteiger partial charge in [-0.2, -0.15) is 0 Å². The van der Waals surface area contributed by atoms with Gasteiger partial charge in [-0.05, 0) is 43.5 Å². The van der Waals surface area contributed by atoms with Gasteiger partial charge in [0.25, 0.3) is 0 Å². The minimum atomic E-state index is -0.238. The number of anilines is 1. The molecule has 1 saturated heterocycles. The Morgan fingerprint density at radius 2 is 2.20 bits per heavy atom. The molecule has 6 heteroatoms. The van der Waals surface area contributed by atoms with Crippen LogP contribution < -0.4 is 4.90 Å². The molecular weight excluding hydrogens is 319 g/mol. The highest BCUT2D eigenvalue weighted by molar-refractivity contribution is 5.41. The number of halogens is 1. The first-order valence-corrected chi connectivity index (χ1v) is 8.44. The lowest BCUT2D eigenvalue weighted by Gasteiger charge is -2.23. The Labute approximate surface area is 145 Å². The topological polar surface area (TPSA) is 55.1 Å². The van der Waals surface area contributed by atoms with Gasteiger partial charge in [-0.25, -0.2) is 19.3 Å². The Kier molecular flexibility index (Phi) is 4.17. The largest absolute Gasteiger partial charge is 0.443 e. The van der Waals surface area contributed by atoms with Crippen LogP contribution in [0.3, 0.4) is 0 Å². The molecule has 1 aliphatic heterocycles. The van der Waals surface area contributed by atoms with E-state index in [0.717, 1.165) is 42.4 Å². The van der Waals surface area contributed by atoms with E-state index in [1.54, 1.807) is 18.5 Å².